The van der Waals surface area contributed by atoms with Gasteiger partial charge in [-0.05, 0) is 74.9 Å². The summed E-state index contributed by atoms with van der Waals surface area (Å²) in [5.74, 6) is 1.63. The van der Waals surface area contributed by atoms with Crippen LogP contribution in [0, 0.1) is 5.92 Å². The number of carbonyl (C=O) groups is 1. The van der Waals surface area contributed by atoms with Gasteiger partial charge in [-0.3, -0.25) is 4.79 Å². The average molecular weight is 411 g/mol. The molecule has 160 valence electrons. The predicted octanol–water partition coefficient (Wildman–Crippen LogP) is 5.00. The maximum absolute atomic E-state index is 13.7. The van der Waals surface area contributed by atoms with Crippen LogP contribution in [0.15, 0.2) is 48.5 Å². The highest BCUT2D eigenvalue weighted by Gasteiger charge is 2.30. The number of ether oxygens (including phenoxy) is 1. The monoisotopic (exact) mass is 410 g/mol. The number of hydrogen-bond donors (Lipinski definition) is 1. The van der Waals surface area contributed by atoms with Gasteiger partial charge in [-0.1, -0.05) is 24.3 Å². The number of hydrogen-bond acceptors (Lipinski definition) is 3. The van der Waals surface area contributed by atoms with Crippen LogP contribution in [-0.2, 0) is 4.79 Å². The molecule has 1 aliphatic heterocycles. The van der Waals surface area contributed by atoms with Gasteiger partial charge in [0.1, 0.15) is 5.75 Å². The molecule has 5 heteroatoms. The van der Waals surface area contributed by atoms with E-state index in [4.69, 9.17) is 4.74 Å². The van der Waals surface area contributed by atoms with E-state index in [1.807, 2.05) is 19.1 Å². The Kier molecular flexibility index (Phi) is 5.72. The zero-order chi connectivity index (χ0) is 21.3. The maximum atomic E-state index is 13.7. The molecule has 1 atom stereocenters. The van der Waals surface area contributed by atoms with Crippen molar-refractivity contribution in [3.05, 3.63) is 59.7 Å². The third-order valence-corrected chi connectivity index (χ3v) is 6.06. The van der Waals surface area contributed by atoms with Gasteiger partial charge in [0, 0.05) is 24.7 Å². The van der Waals surface area contributed by atoms with Crippen LogP contribution in [0.1, 0.15) is 56.7 Å². The highest BCUT2D eigenvalue weighted by molar-refractivity contribution is 5.84. The summed E-state index contributed by atoms with van der Waals surface area (Å²) in [7, 11) is 0. The van der Waals surface area contributed by atoms with Gasteiger partial charge in [0.15, 0.2) is 5.67 Å². The van der Waals surface area contributed by atoms with E-state index < -0.39 is 11.6 Å². The summed E-state index contributed by atoms with van der Waals surface area (Å²) >= 11 is 0. The first-order valence-electron chi connectivity index (χ1n) is 10.9. The summed E-state index contributed by atoms with van der Waals surface area (Å²) in [4.78, 5) is 14.2. The number of carbonyl (C=O) groups excluding carboxylic acids is 1. The standard InChI is InChI=1S/C25H31FN2O2/c1-17(27-24(29)25(2,3)26)19-6-8-20(9-7-19)21-14-28(15-21)22-10-12-23(13-11-22)30-16-18-4-5-18/h6-13,17-18,21H,4-5,14-16H2,1-3H3,(H,27,29). The van der Waals surface area contributed by atoms with Crippen LogP contribution in [0.4, 0.5) is 10.1 Å². The lowest BCUT2D eigenvalue weighted by Crippen LogP contribution is -2.45. The average Bonchev–Trinajstić information content (AvgIpc) is 3.50. The molecule has 0 radical (unpaired) electrons. The Hall–Kier alpha value is -2.56. The van der Waals surface area contributed by atoms with Gasteiger partial charge in [-0.25, -0.2) is 4.39 Å². The minimum Gasteiger partial charge on any atom is -0.493 e. The molecule has 4 nitrogen and oxygen atoms in total. The van der Waals surface area contributed by atoms with Crippen LogP contribution in [-0.4, -0.2) is 31.3 Å². The van der Waals surface area contributed by atoms with Gasteiger partial charge in [0.25, 0.3) is 5.91 Å². The number of halogens is 1. The highest BCUT2D eigenvalue weighted by atomic mass is 19.1. The fraction of sp³-hybridized carbons (Fsp3) is 0.480. The fourth-order valence-corrected chi connectivity index (χ4v) is 3.66. The molecule has 4 rings (SSSR count). The lowest BCUT2D eigenvalue weighted by atomic mass is 9.90. The normalized spacial score (nSPS) is 17.9. The van der Waals surface area contributed by atoms with Gasteiger partial charge in [0.2, 0.25) is 0 Å². The zero-order valence-corrected chi connectivity index (χ0v) is 18.0. The zero-order valence-electron chi connectivity index (χ0n) is 18.0. The van der Waals surface area contributed by atoms with Crippen molar-refractivity contribution in [2.45, 2.75) is 51.2 Å². The lowest BCUT2D eigenvalue weighted by molar-refractivity contribution is -0.131. The van der Waals surface area contributed by atoms with Crippen LogP contribution in [0.5, 0.6) is 5.75 Å². The number of nitrogens with zero attached hydrogens (tertiary/aromatic N) is 1. The predicted molar refractivity (Wildman–Crippen MR) is 118 cm³/mol. The molecule has 0 spiro atoms. The van der Waals surface area contributed by atoms with Gasteiger partial charge >= 0.3 is 0 Å². The van der Waals surface area contributed by atoms with Gasteiger partial charge < -0.3 is 15.0 Å². The SMILES string of the molecule is CC(NC(=O)C(C)(C)F)c1ccc(C2CN(c3ccc(OCC4CC4)cc3)C2)cc1. The van der Waals surface area contributed by atoms with Gasteiger partial charge in [-0.15, -0.1) is 0 Å². The number of rotatable bonds is 8. The van der Waals surface area contributed by atoms with E-state index >= 15 is 0 Å². The summed E-state index contributed by atoms with van der Waals surface area (Å²) < 4.78 is 19.5. The number of nitrogens with one attached hydrogen (secondary N) is 1. The molecule has 0 bridgehead atoms. The number of benzene rings is 2. The number of anilines is 1. The van der Waals surface area contributed by atoms with Crippen molar-refractivity contribution in [2.24, 2.45) is 5.92 Å². The van der Waals surface area contributed by atoms with E-state index in [1.165, 1.54) is 37.9 Å². The van der Waals surface area contributed by atoms with Crippen LogP contribution in [0.25, 0.3) is 0 Å². The highest BCUT2D eigenvalue weighted by Crippen LogP contribution is 2.34. The smallest absolute Gasteiger partial charge is 0.257 e. The Morgan fingerprint density at radius 2 is 1.77 bits per heavy atom. The van der Waals surface area contributed by atoms with E-state index in [2.05, 4.69) is 46.6 Å². The molecular weight excluding hydrogens is 379 g/mol. The summed E-state index contributed by atoms with van der Waals surface area (Å²) in [5, 5.41) is 2.73. The molecule has 1 unspecified atom stereocenters. The molecule has 0 aromatic heterocycles. The maximum Gasteiger partial charge on any atom is 0.257 e. The molecule has 1 amide bonds. The Balaban J connectivity index is 1.27. The van der Waals surface area contributed by atoms with Crippen LogP contribution in [0.3, 0.4) is 0 Å². The number of alkyl halides is 1. The van der Waals surface area contributed by atoms with Crippen LogP contribution >= 0.6 is 0 Å². The third-order valence-electron chi connectivity index (χ3n) is 6.06. The summed E-state index contributed by atoms with van der Waals surface area (Å²) in [6.07, 6.45) is 2.61. The Morgan fingerprint density at radius 1 is 1.13 bits per heavy atom. The molecule has 1 aliphatic carbocycles. The molecular formula is C25H31FN2O2. The van der Waals surface area contributed by atoms with Gasteiger partial charge in [0.05, 0.1) is 12.6 Å². The topological polar surface area (TPSA) is 41.6 Å². The molecule has 30 heavy (non-hydrogen) atoms. The summed E-state index contributed by atoms with van der Waals surface area (Å²) in [6.45, 7) is 7.25. The molecule has 1 heterocycles. The van der Waals surface area contributed by atoms with Crippen LogP contribution < -0.4 is 15.0 Å². The second-order valence-electron chi connectivity index (χ2n) is 9.18. The molecule has 1 saturated heterocycles. The van der Waals surface area contributed by atoms with E-state index in [9.17, 15) is 9.18 Å². The second kappa shape index (κ2) is 8.29. The van der Waals surface area contributed by atoms with E-state index in [-0.39, 0.29) is 6.04 Å². The van der Waals surface area contributed by atoms with Crippen molar-refractivity contribution in [2.75, 3.05) is 24.6 Å². The Bertz CT molecular complexity index is 864. The quantitative estimate of drug-likeness (QED) is 0.666. The van der Waals surface area contributed by atoms with Crippen molar-refractivity contribution in [3.63, 3.8) is 0 Å². The van der Waals surface area contributed by atoms with Crippen molar-refractivity contribution in [1.29, 1.82) is 0 Å². The van der Waals surface area contributed by atoms with Crippen molar-refractivity contribution in [3.8, 4) is 5.75 Å². The molecule has 2 aromatic carbocycles. The fourth-order valence-electron chi connectivity index (χ4n) is 3.66. The van der Waals surface area contributed by atoms with E-state index in [1.54, 1.807) is 0 Å². The summed E-state index contributed by atoms with van der Waals surface area (Å²) in [5.41, 5.74) is 1.63. The summed E-state index contributed by atoms with van der Waals surface area (Å²) in [6, 6.07) is 16.5. The first kappa shape index (κ1) is 20.7. The third kappa shape index (κ3) is 4.94. The minimum absolute atomic E-state index is 0.222. The minimum atomic E-state index is -1.87. The van der Waals surface area contributed by atoms with Gasteiger partial charge in [-0.2, -0.15) is 0 Å². The number of amides is 1. The Labute approximate surface area is 178 Å². The molecule has 2 aromatic rings. The van der Waals surface area contributed by atoms with Crippen LogP contribution in [0.2, 0.25) is 0 Å². The first-order chi connectivity index (χ1) is 14.3. The lowest BCUT2D eigenvalue weighted by Gasteiger charge is -2.41. The van der Waals surface area contributed by atoms with Crippen molar-refractivity contribution < 1.29 is 13.9 Å². The molecule has 2 aliphatic rings. The van der Waals surface area contributed by atoms with Crippen molar-refractivity contribution in [1.82, 2.24) is 5.32 Å². The second-order valence-corrected chi connectivity index (χ2v) is 9.18. The molecule has 1 saturated carbocycles. The largest absolute Gasteiger partial charge is 0.493 e. The molecule has 1 N–H and O–H groups in total. The Morgan fingerprint density at radius 3 is 2.33 bits per heavy atom. The van der Waals surface area contributed by atoms with E-state index in [0.29, 0.717) is 5.92 Å². The van der Waals surface area contributed by atoms with Crippen molar-refractivity contribution >= 4 is 11.6 Å². The molecule has 2 fully saturated rings. The van der Waals surface area contributed by atoms with E-state index in [0.717, 1.165) is 36.9 Å². The first-order valence-corrected chi connectivity index (χ1v) is 10.9.